The van der Waals surface area contributed by atoms with Crippen LogP contribution in [0.1, 0.15) is 13.8 Å². The molecule has 6 nitrogen and oxygen atoms in total. The lowest BCUT2D eigenvalue weighted by molar-refractivity contribution is -0.125. The van der Waals surface area contributed by atoms with E-state index < -0.39 is 11.6 Å². The van der Waals surface area contributed by atoms with Crippen molar-refractivity contribution in [1.29, 1.82) is 0 Å². The second kappa shape index (κ2) is 4.66. The highest BCUT2D eigenvalue weighted by molar-refractivity contribution is 5.84. The zero-order chi connectivity index (χ0) is 10.5. The summed E-state index contributed by atoms with van der Waals surface area (Å²) in [5, 5.41) is 2.48. The molecular formula is C7H15N3O3. The van der Waals surface area contributed by atoms with Crippen LogP contribution >= 0.6 is 0 Å². The maximum absolute atomic E-state index is 11.1. The molecule has 0 aromatic carbocycles. The van der Waals surface area contributed by atoms with E-state index in [0.29, 0.717) is 0 Å². The third-order valence-electron chi connectivity index (χ3n) is 1.22. The van der Waals surface area contributed by atoms with Gasteiger partial charge in [-0.1, -0.05) is 0 Å². The zero-order valence-corrected chi connectivity index (χ0v) is 7.79. The fourth-order valence-corrected chi connectivity index (χ4v) is 0.544. The Kier molecular flexibility index (Phi) is 4.19. The molecule has 0 rings (SSSR count). The number of amides is 2. The highest BCUT2D eigenvalue weighted by Gasteiger charge is 2.20. The Morgan fingerprint density at radius 1 is 1.46 bits per heavy atom. The standard InChI is InChI=1S/C7H15N3O3/c1-7(2,9)5(11)10-3-4-13-6(8)12/h3-4,9H2,1-2H3,(H2,8,12)(H,10,11). The van der Waals surface area contributed by atoms with Gasteiger partial charge in [0, 0.05) is 0 Å². The summed E-state index contributed by atoms with van der Waals surface area (Å²) in [6, 6.07) is 0. The van der Waals surface area contributed by atoms with Gasteiger partial charge in [-0.25, -0.2) is 4.79 Å². The zero-order valence-electron chi connectivity index (χ0n) is 7.79. The van der Waals surface area contributed by atoms with E-state index in [9.17, 15) is 9.59 Å². The highest BCUT2D eigenvalue weighted by Crippen LogP contribution is 1.94. The Morgan fingerprint density at radius 2 is 2.00 bits per heavy atom. The Bertz CT molecular complexity index is 198. The maximum atomic E-state index is 11.1. The molecule has 0 fully saturated rings. The topological polar surface area (TPSA) is 107 Å². The van der Waals surface area contributed by atoms with E-state index in [4.69, 9.17) is 11.5 Å². The number of carbonyl (C=O) groups excluding carboxylic acids is 2. The van der Waals surface area contributed by atoms with Crippen LogP contribution in [0.5, 0.6) is 0 Å². The van der Waals surface area contributed by atoms with Crippen LogP contribution in [0.3, 0.4) is 0 Å². The van der Waals surface area contributed by atoms with Crippen molar-refractivity contribution in [2.24, 2.45) is 11.5 Å². The number of rotatable bonds is 4. The van der Waals surface area contributed by atoms with Gasteiger partial charge >= 0.3 is 6.09 Å². The van der Waals surface area contributed by atoms with Crippen molar-refractivity contribution < 1.29 is 14.3 Å². The van der Waals surface area contributed by atoms with E-state index in [0.717, 1.165) is 0 Å². The molecule has 0 heterocycles. The summed E-state index contributed by atoms with van der Waals surface area (Å²) in [7, 11) is 0. The van der Waals surface area contributed by atoms with Crippen LogP contribution in [0.15, 0.2) is 0 Å². The molecule has 0 aliphatic rings. The van der Waals surface area contributed by atoms with Gasteiger partial charge in [-0.05, 0) is 13.8 Å². The van der Waals surface area contributed by atoms with Crippen molar-refractivity contribution in [3.63, 3.8) is 0 Å². The van der Waals surface area contributed by atoms with Crippen LogP contribution in [0.4, 0.5) is 4.79 Å². The monoisotopic (exact) mass is 189 g/mol. The number of nitrogens with one attached hydrogen (secondary N) is 1. The maximum Gasteiger partial charge on any atom is 0.404 e. The van der Waals surface area contributed by atoms with Crippen LogP contribution in [-0.4, -0.2) is 30.7 Å². The van der Waals surface area contributed by atoms with Gasteiger partial charge in [0.05, 0.1) is 12.1 Å². The minimum atomic E-state index is -0.924. The van der Waals surface area contributed by atoms with Crippen LogP contribution in [0.2, 0.25) is 0 Å². The molecule has 0 spiro atoms. The Labute approximate surface area is 76.6 Å². The molecule has 5 N–H and O–H groups in total. The van der Waals surface area contributed by atoms with Gasteiger partial charge < -0.3 is 21.5 Å². The second-order valence-electron chi connectivity index (χ2n) is 3.15. The molecule has 0 unspecified atom stereocenters. The lowest BCUT2D eigenvalue weighted by Gasteiger charge is -2.17. The van der Waals surface area contributed by atoms with Gasteiger partial charge in [0.1, 0.15) is 6.61 Å². The first-order valence-corrected chi connectivity index (χ1v) is 3.83. The molecule has 2 amide bonds. The van der Waals surface area contributed by atoms with Crippen LogP contribution in [0.25, 0.3) is 0 Å². The summed E-state index contributed by atoms with van der Waals surface area (Å²) in [6.07, 6.45) is -0.860. The quantitative estimate of drug-likeness (QED) is 0.489. The van der Waals surface area contributed by atoms with Crippen molar-refractivity contribution >= 4 is 12.0 Å². The average molecular weight is 189 g/mol. The molecule has 0 saturated heterocycles. The van der Waals surface area contributed by atoms with Crippen molar-refractivity contribution in [2.45, 2.75) is 19.4 Å². The number of hydrogen-bond acceptors (Lipinski definition) is 4. The molecular weight excluding hydrogens is 174 g/mol. The Balaban J connectivity index is 3.55. The first-order valence-electron chi connectivity index (χ1n) is 3.83. The predicted molar refractivity (Wildman–Crippen MR) is 46.8 cm³/mol. The minimum absolute atomic E-state index is 0.0527. The van der Waals surface area contributed by atoms with Gasteiger partial charge in [-0.15, -0.1) is 0 Å². The van der Waals surface area contributed by atoms with E-state index in [2.05, 4.69) is 10.1 Å². The predicted octanol–water partition coefficient (Wildman–Crippen LogP) is -1.06. The van der Waals surface area contributed by atoms with Gasteiger partial charge in [-0.3, -0.25) is 4.79 Å². The Hall–Kier alpha value is -1.30. The first kappa shape index (κ1) is 11.7. The molecule has 13 heavy (non-hydrogen) atoms. The van der Waals surface area contributed by atoms with E-state index in [-0.39, 0.29) is 19.1 Å². The van der Waals surface area contributed by atoms with Gasteiger partial charge in [0.2, 0.25) is 5.91 Å². The van der Waals surface area contributed by atoms with Gasteiger partial charge in [0.15, 0.2) is 0 Å². The first-order chi connectivity index (χ1) is 5.84. The molecule has 0 saturated carbocycles. The number of nitrogens with two attached hydrogens (primary N) is 2. The third kappa shape index (κ3) is 5.92. The fourth-order valence-electron chi connectivity index (χ4n) is 0.544. The molecule has 0 aromatic heterocycles. The SMILES string of the molecule is CC(C)(N)C(=O)NCCOC(N)=O. The molecule has 0 bridgehead atoms. The lowest BCUT2D eigenvalue weighted by Crippen LogP contribution is -2.49. The molecule has 0 aliphatic carbocycles. The summed E-state index contributed by atoms with van der Waals surface area (Å²) < 4.78 is 4.39. The summed E-state index contributed by atoms with van der Waals surface area (Å²) in [4.78, 5) is 21.2. The highest BCUT2D eigenvalue weighted by atomic mass is 16.5. The number of ether oxygens (including phenoxy) is 1. The van der Waals surface area contributed by atoms with Crippen LogP contribution in [0, 0.1) is 0 Å². The average Bonchev–Trinajstić information content (AvgIpc) is 1.95. The molecule has 76 valence electrons. The number of primary amides is 1. The van der Waals surface area contributed by atoms with E-state index in [1.54, 1.807) is 13.8 Å². The molecule has 6 heteroatoms. The molecule has 0 radical (unpaired) electrons. The normalized spacial score (nSPS) is 10.7. The lowest BCUT2D eigenvalue weighted by atomic mass is 10.1. The molecule has 0 aromatic rings. The van der Waals surface area contributed by atoms with Gasteiger partial charge in [0.25, 0.3) is 0 Å². The summed E-state index contributed by atoms with van der Waals surface area (Å²) in [5.41, 5.74) is 9.25. The summed E-state index contributed by atoms with van der Waals surface area (Å²) >= 11 is 0. The van der Waals surface area contributed by atoms with E-state index >= 15 is 0 Å². The largest absolute Gasteiger partial charge is 0.448 e. The summed E-state index contributed by atoms with van der Waals surface area (Å²) in [6.45, 7) is 3.42. The van der Waals surface area contributed by atoms with Crippen molar-refractivity contribution in [2.75, 3.05) is 13.2 Å². The third-order valence-corrected chi connectivity index (χ3v) is 1.22. The van der Waals surface area contributed by atoms with E-state index in [1.165, 1.54) is 0 Å². The summed E-state index contributed by atoms with van der Waals surface area (Å²) in [5.74, 6) is -0.305. The fraction of sp³-hybridized carbons (Fsp3) is 0.714. The number of carbonyl (C=O) groups is 2. The van der Waals surface area contributed by atoms with Crippen LogP contribution in [-0.2, 0) is 9.53 Å². The smallest absolute Gasteiger partial charge is 0.404 e. The van der Waals surface area contributed by atoms with Gasteiger partial charge in [-0.2, -0.15) is 0 Å². The van der Waals surface area contributed by atoms with Crippen molar-refractivity contribution in [3.05, 3.63) is 0 Å². The van der Waals surface area contributed by atoms with Crippen molar-refractivity contribution in [1.82, 2.24) is 5.32 Å². The molecule has 0 atom stereocenters. The van der Waals surface area contributed by atoms with Crippen molar-refractivity contribution in [3.8, 4) is 0 Å². The molecule has 0 aliphatic heterocycles. The van der Waals surface area contributed by atoms with Crippen LogP contribution < -0.4 is 16.8 Å². The van der Waals surface area contributed by atoms with E-state index in [1.807, 2.05) is 0 Å². The second-order valence-corrected chi connectivity index (χ2v) is 3.15. The number of hydrogen-bond donors (Lipinski definition) is 3. The minimum Gasteiger partial charge on any atom is -0.448 e. The Morgan fingerprint density at radius 3 is 2.38 bits per heavy atom.